The van der Waals surface area contributed by atoms with Crippen LogP contribution in [-0.2, 0) is 0 Å². The Morgan fingerprint density at radius 3 is 2.30 bits per heavy atom. The maximum absolute atomic E-state index is 5.84. The van der Waals surface area contributed by atoms with Crippen molar-refractivity contribution in [2.45, 2.75) is 54.0 Å². The van der Waals surface area contributed by atoms with E-state index in [1.807, 2.05) is 11.3 Å². The van der Waals surface area contributed by atoms with E-state index in [9.17, 15) is 0 Å². The summed E-state index contributed by atoms with van der Waals surface area (Å²) in [7, 11) is 0. The van der Waals surface area contributed by atoms with Crippen LogP contribution in [0.25, 0.3) is 0 Å². The first-order chi connectivity index (χ1) is 9.45. The van der Waals surface area contributed by atoms with Crippen LogP contribution in [-0.4, -0.2) is 6.54 Å². The summed E-state index contributed by atoms with van der Waals surface area (Å²) in [6, 6.07) is 2.56. The van der Waals surface area contributed by atoms with Gasteiger partial charge in [-0.2, -0.15) is 0 Å². The molecule has 1 atom stereocenters. The van der Waals surface area contributed by atoms with Gasteiger partial charge in [0, 0.05) is 15.3 Å². The van der Waals surface area contributed by atoms with Crippen LogP contribution in [0.3, 0.4) is 0 Å². The smallest absolute Gasteiger partial charge is 0.106 e. The minimum atomic E-state index is 0.248. The number of hydrogen-bond acceptors (Lipinski definition) is 3. The molecule has 0 saturated carbocycles. The SMILES string of the molecule is CCCNC(c1cc(C)sc1C)c1c(C)oc(C)c1C. The summed E-state index contributed by atoms with van der Waals surface area (Å²) in [6.45, 7) is 13.9. The molecule has 3 heteroatoms. The number of furan rings is 1. The minimum absolute atomic E-state index is 0.248. The molecule has 2 heterocycles. The van der Waals surface area contributed by atoms with Gasteiger partial charge in [-0.3, -0.25) is 0 Å². The van der Waals surface area contributed by atoms with Gasteiger partial charge in [0.1, 0.15) is 11.5 Å². The Morgan fingerprint density at radius 2 is 1.85 bits per heavy atom. The van der Waals surface area contributed by atoms with E-state index in [-0.39, 0.29) is 6.04 Å². The molecule has 2 nitrogen and oxygen atoms in total. The van der Waals surface area contributed by atoms with Crippen molar-refractivity contribution in [2.75, 3.05) is 6.54 Å². The maximum atomic E-state index is 5.84. The average Bonchev–Trinajstić information content (AvgIpc) is 2.83. The van der Waals surface area contributed by atoms with E-state index in [0.29, 0.717) is 0 Å². The fourth-order valence-corrected chi connectivity index (χ4v) is 3.79. The molecule has 0 aliphatic rings. The van der Waals surface area contributed by atoms with Crippen LogP contribution < -0.4 is 5.32 Å². The topological polar surface area (TPSA) is 25.2 Å². The highest BCUT2D eigenvalue weighted by Crippen LogP contribution is 2.35. The Kier molecular flexibility index (Phi) is 4.71. The molecular formula is C17H25NOS. The molecular weight excluding hydrogens is 266 g/mol. The maximum Gasteiger partial charge on any atom is 0.106 e. The quantitative estimate of drug-likeness (QED) is 0.841. The summed E-state index contributed by atoms with van der Waals surface area (Å²) < 4.78 is 5.84. The Bertz CT molecular complexity index is 594. The van der Waals surface area contributed by atoms with Crippen molar-refractivity contribution in [1.82, 2.24) is 5.32 Å². The van der Waals surface area contributed by atoms with Gasteiger partial charge in [-0.25, -0.2) is 0 Å². The van der Waals surface area contributed by atoms with E-state index in [1.54, 1.807) is 0 Å². The van der Waals surface area contributed by atoms with Crippen molar-refractivity contribution < 1.29 is 4.42 Å². The summed E-state index contributed by atoms with van der Waals surface area (Å²) in [5.41, 5.74) is 3.99. The molecule has 0 spiro atoms. The first-order valence-electron chi connectivity index (χ1n) is 7.32. The highest BCUT2D eigenvalue weighted by atomic mass is 32.1. The monoisotopic (exact) mass is 291 g/mol. The van der Waals surface area contributed by atoms with Gasteiger partial charge >= 0.3 is 0 Å². The second kappa shape index (κ2) is 6.15. The van der Waals surface area contributed by atoms with Crippen LogP contribution in [0.15, 0.2) is 10.5 Å². The normalized spacial score (nSPS) is 12.9. The van der Waals surface area contributed by atoms with Crippen LogP contribution in [0.2, 0.25) is 0 Å². The molecule has 0 amide bonds. The molecule has 1 unspecified atom stereocenters. The summed E-state index contributed by atoms with van der Waals surface area (Å²) >= 11 is 1.87. The molecule has 0 aliphatic heterocycles. The lowest BCUT2D eigenvalue weighted by atomic mass is 9.95. The standard InChI is InChI=1S/C17H25NOS/c1-7-8-18-17(15-9-10(2)20-14(15)6)16-11(3)12(4)19-13(16)5/h9,17-18H,7-8H2,1-6H3. The third-order valence-corrected chi connectivity index (χ3v) is 4.88. The molecule has 0 aromatic carbocycles. The molecule has 0 saturated heterocycles. The lowest BCUT2D eigenvalue weighted by Gasteiger charge is -2.19. The van der Waals surface area contributed by atoms with E-state index in [2.05, 4.69) is 52.9 Å². The van der Waals surface area contributed by atoms with Crippen molar-refractivity contribution in [3.05, 3.63) is 44.0 Å². The molecule has 0 aliphatic carbocycles. The highest BCUT2D eigenvalue weighted by molar-refractivity contribution is 7.12. The molecule has 2 aromatic heterocycles. The molecule has 110 valence electrons. The molecule has 2 rings (SSSR count). The summed E-state index contributed by atoms with van der Waals surface area (Å²) in [4.78, 5) is 2.77. The van der Waals surface area contributed by atoms with Crippen molar-refractivity contribution >= 4 is 11.3 Å². The van der Waals surface area contributed by atoms with Crippen LogP contribution >= 0.6 is 11.3 Å². The molecule has 0 fully saturated rings. The minimum Gasteiger partial charge on any atom is -0.466 e. The summed E-state index contributed by atoms with van der Waals surface area (Å²) in [6.07, 6.45) is 1.13. The number of aryl methyl sites for hydroxylation is 4. The first kappa shape index (κ1) is 15.3. The largest absolute Gasteiger partial charge is 0.466 e. The van der Waals surface area contributed by atoms with Gasteiger partial charge in [0.15, 0.2) is 0 Å². The average molecular weight is 291 g/mol. The van der Waals surface area contributed by atoms with E-state index >= 15 is 0 Å². The van der Waals surface area contributed by atoms with E-state index in [1.165, 1.54) is 26.4 Å². The summed E-state index contributed by atoms with van der Waals surface area (Å²) in [5.74, 6) is 2.07. The van der Waals surface area contributed by atoms with E-state index < -0.39 is 0 Å². The van der Waals surface area contributed by atoms with Gasteiger partial charge in [0.25, 0.3) is 0 Å². The molecule has 20 heavy (non-hydrogen) atoms. The lowest BCUT2D eigenvalue weighted by Crippen LogP contribution is -2.24. The van der Waals surface area contributed by atoms with Crippen molar-refractivity contribution in [1.29, 1.82) is 0 Å². The van der Waals surface area contributed by atoms with Gasteiger partial charge in [-0.15, -0.1) is 11.3 Å². The van der Waals surface area contributed by atoms with Crippen LogP contribution in [0.4, 0.5) is 0 Å². The molecule has 0 bridgehead atoms. The fraction of sp³-hybridized carbons (Fsp3) is 0.529. The van der Waals surface area contributed by atoms with E-state index in [0.717, 1.165) is 24.5 Å². The van der Waals surface area contributed by atoms with Gasteiger partial charge in [0.05, 0.1) is 6.04 Å². The third-order valence-electron chi connectivity index (χ3n) is 3.90. The zero-order valence-corrected chi connectivity index (χ0v) is 14.2. The first-order valence-corrected chi connectivity index (χ1v) is 8.14. The number of thiophene rings is 1. The number of nitrogens with one attached hydrogen (secondary N) is 1. The molecule has 1 N–H and O–H groups in total. The van der Waals surface area contributed by atoms with Crippen LogP contribution in [0.1, 0.15) is 57.4 Å². The lowest BCUT2D eigenvalue weighted by molar-refractivity contribution is 0.493. The Morgan fingerprint density at radius 1 is 1.15 bits per heavy atom. The van der Waals surface area contributed by atoms with E-state index in [4.69, 9.17) is 4.42 Å². The van der Waals surface area contributed by atoms with Gasteiger partial charge in [-0.05, 0) is 64.8 Å². The number of hydrogen-bond donors (Lipinski definition) is 1. The third kappa shape index (κ3) is 2.84. The predicted molar refractivity (Wildman–Crippen MR) is 86.8 cm³/mol. The second-order valence-electron chi connectivity index (χ2n) is 5.51. The van der Waals surface area contributed by atoms with Crippen molar-refractivity contribution in [3.63, 3.8) is 0 Å². The van der Waals surface area contributed by atoms with Gasteiger partial charge in [-0.1, -0.05) is 6.92 Å². The Balaban J connectivity index is 2.50. The van der Waals surface area contributed by atoms with Crippen LogP contribution in [0.5, 0.6) is 0 Å². The molecule has 0 radical (unpaired) electrons. The Labute approximate surface area is 126 Å². The van der Waals surface area contributed by atoms with Crippen LogP contribution in [0, 0.1) is 34.6 Å². The predicted octanol–water partition coefficient (Wildman–Crippen LogP) is 4.97. The van der Waals surface area contributed by atoms with Gasteiger partial charge in [0.2, 0.25) is 0 Å². The zero-order chi connectivity index (χ0) is 14.9. The zero-order valence-electron chi connectivity index (χ0n) is 13.4. The molecule has 2 aromatic rings. The van der Waals surface area contributed by atoms with Crippen molar-refractivity contribution in [2.24, 2.45) is 0 Å². The van der Waals surface area contributed by atoms with Crippen molar-refractivity contribution in [3.8, 4) is 0 Å². The second-order valence-corrected chi connectivity index (χ2v) is 6.97. The number of rotatable bonds is 5. The fourth-order valence-electron chi connectivity index (χ4n) is 2.83. The summed E-state index contributed by atoms with van der Waals surface area (Å²) in [5, 5.41) is 3.70. The Hall–Kier alpha value is -1.06. The van der Waals surface area contributed by atoms with Gasteiger partial charge < -0.3 is 9.73 Å². The highest BCUT2D eigenvalue weighted by Gasteiger charge is 2.24.